The first-order valence-corrected chi connectivity index (χ1v) is 8.76. The summed E-state index contributed by atoms with van der Waals surface area (Å²) in [6, 6.07) is 9.02. The number of rotatable bonds is 9. The summed E-state index contributed by atoms with van der Waals surface area (Å²) < 4.78 is 0. The summed E-state index contributed by atoms with van der Waals surface area (Å²) >= 11 is 0. The second kappa shape index (κ2) is 6.83. The summed E-state index contributed by atoms with van der Waals surface area (Å²) in [5.74, 6) is 2.63. The van der Waals surface area contributed by atoms with Gasteiger partial charge in [0.25, 0.3) is 0 Å². The van der Waals surface area contributed by atoms with E-state index in [1.54, 1.807) is 0 Å². The molecule has 2 aliphatic rings. The van der Waals surface area contributed by atoms with Crippen molar-refractivity contribution in [2.75, 3.05) is 24.5 Å². The molecule has 116 valence electrons. The van der Waals surface area contributed by atoms with E-state index in [0.29, 0.717) is 5.92 Å². The summed E-state index contributed by atoms with van der Waals surface area (Å²) in [6.45, 7) is 9.19. The fourth-order valence-corrected chi connectivity index (χ4v) is 2.96. The number of anilines is 1. The number of nitrogens with one attached hydrogen (secondary N) is 1. The first-order valence-electron chi connectivity index (χ1n) is 8.76. The number of nitrogens with zero attached hydrogens (tertiary/aromatic N) is 1. The second-order valence-electron chi connectivity index (χ2n) is 7.45. The smallest absolute Gasteiger partial charge is 0.0412 e. The lowest BCUT2D eigenvalue weighted by Crippen LogP contribution is -2.30. The average Bonchev–Trinajstić information content (AvgIpc) is 3.34. The third-order valence-electron chi connectivity index (χ3n) is 4.55. The number of para-hydroxylation sites is 1. The molecule has 1 aromatic rings. The Labute approximate surface area is 129 Å². The summed E-state index contributed by atoms with van der Waals surface area (Å²) in [5, 5.41) is 3.61. The van der Waals surface area contributed by atoms with Gasteiger partial charge in [0, 0.05) is 25.3 Å². The van der Waals surface area contributed by atoms with Crippen LogP contribution in [-0.2, 0) is 6.54 Å². The van der Waals surface area contributed by atoms with E-state index in [1.807, 2.05) is 0 Å². The largest absolute Gasteiger partial charge is 0.371 e. The minimum absolute atomic E-state index is 0.714. The Hall–Kier alpha value is -1.02. The van der Waals surface area contributed by atoms with Gasteiger partial charge < -0.3 is 10.2 Å². The van der Waals surface area contributed by atoms with Gasteiger partial charge in [0.05, 0.1) is 0 Å². The SMILES string of the molecule is CC(C)CNCc1ccccc1N(CC1CC1)CC1CC1. The normalized spacial score (nSPS) is 18.2. The van der Waals surface area contributed by atoms with Crippen LogP contribution in [-0.4, -0.2) is 19.6 Å². The van der Waals surface area contributed by atoms with Crippen LogP contribution in [0.3, 0.4) is 0 Å². The van der Waals surface area contributed by atoms with Crippen LogP contribution < -0.4 is 10.2 Å². The Morgan fingerprint density at radius 3 is 2.24 bits per heavy atom. The molecule has 0 spiro atoms. The third-order valence-corrected chi connectivity index (χ3v) is 4.55. The highest BCUT2D eigenvalue weighted by Crippen LogP contribution is 2.36. The van der Waals surface area contributed by atoms with E-state index in [2.05, 4.69) is 48.3 Å². The lowest BCUT2D eigenvalue weighted by Gasteiger charge is -2.27. The van der Waals surface area contributed by atoms with Gasteiger partial charge in [0.15, 0.2) is 0 Å². The highest BCUT2D eigenvalue weighted by Gasteiger charge is 2.29. The van der Waals surface area contributed by atoms with Crippen LogP contribution in [0, 0.1) is 17.8 Å². The topological polar surface area (TPSA) is 15.3 Å². The lowest BCUT2D eigenvalue weighted by atomic mass is 10.1. The maximum atomic E-state index is 3.61. The van der Waals surface area contributed by atoms with Crippen molar-refractivity contribution in [3.63, 3.8) is 0 Å². The molecular weight excluding hydrogens is 256 g/mol. The summed E-state index contributed by atoms with van der Waals surface area (Å²) in [7, 11) is 0. The summed E-state index contributed by atoms with van der Waals surface area (Å²) in [5.41, 5.74) is 2.95. The standard InChI is InChI=1S/C19H30N2/c1-15(2)11-20-12-18-5-3-4-6-19(18)21(13-16-7-8-16)14-17-9-10-17/h3-6,15-17,20H,7-14H2,1-2H3. The molecule has 2 fully saturated rings. The molecule has 1 aromatic carbocycles. The zero-order chi connectivity index (χ0) is 14.7. The first-order chi connectivity index (χ1) is 10.2. The van der Waals surface area contributed by atoms with Crippen molar-refractivity contribution in [1.82, 2.24) is 5.32 Å². The molecule has 0 radical (unpaired) electrons. The van der Waals surface area contributed by atoms with E-state index in [4.69, 9.17) is 0 Å². The molecule has 3 rings (SSSR count). The van der Waals surface area contributed by atoms with Gasteiger partial charge in [-0.1, -0.05) is 32.0 Å². The van der Waals surface area contributed by atoms with Gasteiger partial charge in [0.2, 0.25) is 0 Å². The van der Waals surface area contributed by atoms with Crippen molar-refractivity contribution in [1.29, 1.82) is 0 Å². The molecule has 0 amide bonds. The maximum Gasteiger partial charge on any atom is 0.0412 e. The lowest BCUT2D eigenvalue weighted by molar-refractivity contribution is 0.551. The maximum absolute atomic E-state index is 3.61. The third kappa shape index (κ3) is 4.74. The molecule has 2 nitrogen and oxygen atoms in total. The first kappa shape index (κ1) is 14.9. The van der Waals surface area contributed by atoms with E-state index < -0.39 is 0 Å². The van der Waals surface area contributed by atoms with Crippen molar-refractivity contribution in [2.45, 2.75) is 46.1 Å². The highest BCUT2D eigenvalue weighted by molar-refractivity contribution is 5.54. The molecule has 0 atom stereocenters. The predicted octanol–water partition coefficient (Wildman–Crippen LogP) is 4.06. The monoisotopic (exact) mass is 286 g/mol. The van der Waals surface area contributed by atoms with E-state index in [-0.39, 0.29) is 0 Å². The fourth-order valence-electron chi connectivity index (χ4n) is 2.96. The van der Waals surface area contributed by atoms with Crippen LogP contribution in [0.1, 0.15) is 45.1 Å². The van der Waals surface area contributed by atoms with Crippen molar-refractivity contribution >= 4 is 5.69 Å². The zero-order valence-electron chi connectivity index (χ0n) is 13.6. The molecule has 2 aliphatic carbocycles. The van der Waals surface area contributed by atoms with Crippen molar-refractivity contribution in [3.05, 3.63) is 29.8 Å². The second-order valence-corrected chi connectivity index (χ2v) is 7.45. The van der Waals surface area contributed by atoms with E-state index in [1.165, 1.54) is 50.0 Å². The molecular formula is C19H30N2. The molecule has 0 bridgehead atoms. The van der Waals surface area contributed by atoms with Crippen molar-refractivity contribution in [3.8, 4) is 0 Å². The Balaban J connectivity index is 1.67. The van der Waals surface area contributed by atoms with Gasteiger partial charge in [0.1, 0.15) is 0 Å². The minimum atomic E-state index is 0.714. The predicted molar refractivity (Wildman–Crippen MR) is 90.6 cm³/mol. The molecule has 2 heteroatoms. The molecule has 21 heavy (non-hydrogen) atoms. The Morgan fingerprint density at radius 2 is 1.67 bits per heavy atom. The minimum Gasteiger partial charge on any atom is -0.371 e. The van der Waals surface area contributed by atoms with Gasteiger partial charge in [-0.3, -0.25) is 0 Å². The van der Waals surface area contributed by atoms with Crippen LogP contribution in [0.25, 0.3) is 0 Å². The fraction of sp³-hybridized carbons (Fsp3) is 0.684. The Bertz CT molecular complexity index is 433. The Morgan fingerprint density at radius 1 is 1.05 bits per heavy atom. The van der Waals surface area contributed by atoms with Crippen molar-refractivity contribution < 1.29 is 0 Å². The molecule has 0 aromatic heterocycles. The quantitative estimate of drug-likeness (QED) is 0.736. The van der Waals surface area contributed by atoms with E-state index >= 15 is 0 Å². The van der Waals surface area contributed by atoms with Gasteiger partial charge in [-0.15, -0.1) is 0 Å². The number of benzene rings is 1. The molecule has 1 N–H and O–H groups in total. The average molecular weight is 286 g/mol. The highest BCUT2D eigenvalue weighted by atomic mass is 15.1. The van der Waals surface area contributed by atoms with Crippen LogP contribution in [0.15, 0.2) is 24.3 Å². The van der Waals surface area contributed by atoms with Crippen LogP contribution in [0.2, 0.25) is 0 Å². The summed E-state index contributed by atoms with van der Waals surface area (Å²) in [4.78, 5) is 2.68. The van der Waals surface area contributed by atoms with Crippen LogP contribution >= 0.6 is 0 Å². The Kier molecular flexibility index (Phi) is 4.84. The van der Waals surface area contributed by atoms with Crippen LogP contribution in [0.4, 0.5) is 5.69 Å². The van der Waals surface area contributed by atoms with Gasteiger partial charge in [-0.25, -0.2) is 0 Å². The molecule has 0 heterocycles. The van der Waals surface area contributed by atoms with E-state index in [9.17, 15) is 0 Å². The zero-order valence-corrected chi connectivity index (χ0v) is 13.6. The van der Waals surface area contributed by atoms with Gasteiger partial charge in [-0.2, -0.15) is 0 Å². The molecule has 2 saturated carbocycles. The number of hydrogen-bond donors (Lipinski definition) is 1. The number of hydrogen-bond acceptors (Lipinski definition) is 2. The van der Waals surface area contributed by atoms with Gasteiger partial charge >= 0.3 is 0 Å². The van der Waals surface area contributed by atoms with Crippen LogP contribution in [0.5, 0.6) is 0 Å². The molecule has 0 saturated heterocycles. The van der Waals surface area contributed by atoms with Crippen molar-refractivity contribution in [2.24, 2.45) is 17.8 Å². The molecule has 0 aliphatic heterocycles. The van der Waals surface area contributed by atoms with Gasteiger partial charge in [-0.05, 0) is 61.6 Å². The summed E-state index contributed by atoms with van der Waals surface area (Å²) in [6.07, 6.45) is 5.76. The molecule has 0 unspecified atom stereocenters. The van der Waals surface area contributed by atoms with E-state index in [0.717, 1.165) is 24.9 Å².